The van der Waals surface area contributed by atoms with E-state index >= 15 is 0 Å². The van der Waals surface area contributed by atoms with Crippen molar-refractivity contribution in [3.63, 3.8) is 0 Å². The molecule has 0 bridgehead atoms. The topological polar surface area (TPSA) is 66.0 Å². The average molecular weight is 334 g/mol. The molecule has 4 nitrogen and oxygen atoms in total. The Hall–Kier alpha value is -2.98. The first kappa shape index (κ1) is 18.4. The maximum Gasteiger partial charge on any atom is 0.132 e. The Balaban J connectivity index is 2.39. The monoisotopic (exact) mass is 334 g/mol. The molecule has 4 heteroatoms. The van der Waals surface area contributed by atoms with Crippen molar-refractivity contribution in [2.24, 2.45) is 5.41 Å². The van der Waals surface area contributed by atoms with Crippen molar-refractivity contribution in [1.82, 2.24) is 0 Å². The number of hydrogen-bond donors (Lipinski definition) is 0. The van der Waals surface area contributed by atoms with E-state index in [2.05, 4.69) is 13.8 Å². The summed E-state index contributed by atoms with van der Waals surface area (Å²) in [5, 5.41) is 18.3. The fourth-order valence-electron chi connectivity index (χ4n) is 3.05. The summed E-state index contributed by atoms with van der Waals surface area (Å²) in [6, 6.07) is 9.67. The fraction of sp³-hybridized carbons (Fsp3) is 0.333. The summed E-state index contributed by atoms with van der Waals surface area (Å²) in [6.45, 7) is 4.29. The van der Waals surface area contributed by atoms with Crippen molar-refractivity contribution in [2.45, 2.75) is 26.7 Å². The normalized spacial score (nSPS) is 15.9. The molecule has 1 aromatic rings. The smallest absolute Gasteiger partial charge is 0.132 e. The van der Waals surface area contributed by atoms with Gasteiger partial charge < -0.3 is 9.47 Å². The van der Waals surface area contributed by atoms with Gasteiger partial charge in [0.1, 0.15) is 29.2 Å². The summed E-state index contributed by atoms with van der Waals surface area (Å²) in [7, 11) is 3.25. The van der Waals surface area contributed by atoms with Crippen molar-refractivity contribution >= 4 is 6.08 Å². The molecule has 1 aliphatic carbocycles. The zero-order valence-corrected chi connectivity index (χ0v) is 15.1. The van der Waals surface area contributed by atoms with Gasteiger partial charge in [-0.05, 0) is 41.5 Å². The Morgan fingerprint density at radius 3 is 2.40 bits per heavy atom. The van der Waals surface area contributed by atoms with Crippen LogP contribution in [0.25, 0.3) is 6.08 Å². The van der Waals surface area contributed by atoms with E-state index in [1.54, 1.807) is 14.2 Å². The van der Waals surface area contributed by atoms with E-state index < -0.39 is 0 Å². The third-order valence-electron chi connectivity index (χ3n) is 4.17. The molecule has 0 unspecified atom stereocenters. The van der Waals surface area contributed by atoms with Crippen molar-refractivity contribution in [1.29, 1.82) is 10.5 Å². The second-order valence-corrected chi connectivity index (χ2v) is 6.80. The second kappa shape index (κ2) is 7.73. The van der Waals surface area contributed by atoms with Crippen LogP contribution >= 0.6 is 0 Å². The lowest BCUT2D eigenvalue weighted by atomic mass is 9.74. The van der Waals surface area contributed by atoms with Crippen LogP contribution in [0.15, 0.2) is 47.1 Å². The summed E-state index contributed by atoms with van der Waals surface area (Å²) in [4.78, 5) is 0. The van der Waals surface area contributed by atoms with Crippen LogP contribution < -0.4 is 9.47 Å². The predicted octanol–water partition coefficient (Wildman–Crippen LogP) is 4.81. The molecule has 25 heavy (non-hydrogen) atoms. The van der Waals surface area contributed by atoms with Crippen molar-refractivity contribution in [2.75, 3.05) is 14.2 Å². The molecular formula is C21H22N2O2. The van der Waals surface area contributed by atoms with Crippen LogP contribution in [-0.2, 0) is 0 Å². The molecule has 0 heterocycles. The molecule has 1 aromatic carbocycles. The highest BCUT2D eigenvalue weighted by atomic mass is 16.5. The van der Waals surface area contributed by atoms with E-state index in [-0.39, 0.29) is 11.0 Å². The van der Waals surface area contributed by atoms with Crippen LogP contribution in [0.1, 0.15) is 32.3 Å². The van der Waals surface area contributed by atoms with E-state index in [1.807, 2.05) is 48.6 Å². The third kappa shape index (κ3) is 4.52. The Morgan fingerprint density at radius 1 is 1.08 bits per heavy atom. The second-order valence-electron chi connectivity index (χ2n) is 6.80. The molecule has 0 atom stereocenters. The molecule has 0 aliphatic heterocycles. The van der Waals surface area contributed by atoms with Crippen LogP contribution in [-0.4, -0.2) is 14.2 Å². The van der Waals surface area contributed by atoms with E-state index in [0.29, 0.717) is 0 Å². The lowest BCUT2D eigenvalue weighted by Crippen LogP contribution is -2.17. The molecule has 128 valence electrons. The lowest BCUT2D eigenvalue weighted by molar-refractivity contribution is 0.354. The third-order valence-corrected chi connectivity index (χ3v) is 4.17. The number of ether oxygens (including phenoxy) is 2. The largest absolute Gasteiger partial charge is 0.497 e. The molecule has 0 fully saturated rings. The summed E-state index contributed by atoms with van der Waals surface area (Å²) < 4.78 is 10.6. The number of hydrogen-bond acceptors (Lipinski definition) is 4. The molecule has 0 amide bonds. The highest BCUT2D eigenvalue weighted by Gasteiger charge is 2.26. The van der Waals surface area contributed by atoms with Gasteiger partial charge in [0.2, 0.25) is 0 Å². The maximum atomic E-state index is 9.15. The van der Waals surface area contributed by atoms with Crippen LogP contribution in [0.4, 0.5) is 0 Å². The van der Waals surface area contributed by atoms with Crippen LogP contribution in [0.5, 0.6) is 11.5 Å². The predicted molar refractivity (Wildman–Crippen MR) is 97.9 cm³/mol. The molecule has 0 aromatic heterocycles. The Morgan fingerprint density at radius 2 is 1.80 bits per heavy atom. The van der Waals surface area contributed by atoms with Gasteiger partial charge in [0.25, 0.3) is 0 Å². The van der Waals surface area contributed by atoms with Gasteiger partial charge in [-0.1, -0.05) is 32.1 Å². The summed E-state index contributed by atoms with van der Waals surface area (Å²) in [5.74, 6) is 1.47. The van der Waals surface area contributed by atoms with Gasteiger partial charge in [0.15, 0.2) is 0 Å². The molecule has 0 N–H and O–H groups in total. The molecule has 0 spiro atoms. The Labute approximate surface area is 149 Å². The number of methoxy groups -OCH3 is 2. The minimum Gasteiger partial charge on any atom is -0.497 e. The zero-order valence-electron chi connectivity index (χ0n) is 15.1. The SMILES string of the molecule is COc1ccc(C=CC2=CC(=C(C#N)C#N)CC(C)(C)C2)c(OC)c1. The molecular weight excluding hydrogens is 312 g/mol. The summed E-state index contributed by atoms with van der Waals surface area (Å²) in [5.41, 5.74) is 3.04. The summed E-state index contributed by atoms with van der Waals surface area (Å²) in [6.07, 6.45) is 7.58. The fourth-order valence-corrected chi connectivity index (χ4v) is 3.05. The molecule has 0 radical (unpaired) electrons. The molecule has 0 saturated carbocycles. The highest BCUT2D eigenvalue weighted by molar-refractivity contribution is 5.62. The van der Waals surface area contributed by atoms with E-state index in [1.165, 1.54) is 0 Å². The van der Waals surface area contributed by atoms with E-state index in [4.69, 9.17) is 20.0 Å². The van der Waals surface area contributed by atoms with Crippen molar-refractivity contribution in [3.05, 3.63) is 52.6 Å². The minimum atomic E-state index is 0.00665. The van der Waals surface area contributed by atoms with E-state index in [9.17, 15) is 0 Å². The van der Waals surface area contributed by atoms with Gasteiger partial charge in [-0.3, -0.25) is 0 Å². The Kier molecular flexibility index (Phi) is 5.67. The zero-order chi connectivity index (χ0) is 18.4. The summed E-state index contributed by atoms with van der Waals surface area (Å²) >= 11 is 0. The number of benzene rings is 1. The highest BCUT2D eigenvalue weighted by Crippen LogP contribution is 2.39. The number of nitriles is 2. The first-order valence-electron chi connectivity index (χ1n) is 8.06. The van der Waals surface area contributed by atoms with Crippen LogP contribution in [0.3, 0.4) is 0 Å². The van der Waals surface area contributed by atoms with Gasteiger partial charge in [-0.2, -0.15) is 10.5 Å². The van der Waals surface area contributed by atoms with Gasteiger partial charge in [0, 0.05) is 11.6 Å². The van der Waals surface area contributed by atoms with Crippen molar-refractivity contribution < 1.29 is 9.47 Å². The van der Waals surface area contributed by atoms with Crippen LogP contribution in [0.2, 0.25) is 0 Å². The average Bonchev–Trinajstić information content (AvgIpc) is 2.59. The van der Waals surface area contributed by atoms with Gasteiger partial charge in [-0.25, -0.2) is 0 Å². The van der Waals surface area contributed by atoms with Crippen molar-refractivity contribution in [3.8, 4) is 23.6 Å². The Bertz CT molecular complexity index is 814. The van der Waals surface area contributed by atoms with Crippen LogP contribution in [0, 0.1) is 28.1 Å². The molecule has 2 rings (SSSR count). The number of nitrogens with zero attached hydrogens (tertiary/aromatic N) is 2. The van der Waals surface area contributed by atoms with Gasteiger partial charge >= 0.3 is 0 Å². The molecule has 1 aliphatic rings. The first-order valence-corrected chi connectivity index (χ1v) is 8.06. The van der Waals surface area contributed by atoms with Gasteiger partial charge in [0.05, 0.1) is 14.2 Å². The van der Waals surface area contributed by atoms with E-state index in [0.717, 1.165) is 41.1 Å². The molecule has 0 saturated heterocycles. The van der Waals surface area contributed by atoms with Gasteiger partial charge in [-0.15, -0.1) is 0 Å². The minimum absolute atomic E-state index is 0.00665. The standard InChI is InChI=1S/C21H22N2O2/c1-21(2)11-15(9-17(12-21)18(13-22)14-23)5-6-16-7-8-19(24-3)10-20(16)25-4/h5-10H,11-12H2,1-4H3. The quantitative estimate of drug-likeness (QED) is 0.741. The number of rotatable bonds is 4. The number of allylic oxidation sites excluding steroid dienone is 5. The maximum absolute atomic E-state index is 9.15. The first-order chi connectivity index (χ1) is 11.9. The lowest BCUT2D eigenvalue weighted by Gasteiger charge is -2.30.